The van der Waals surface area contributed by atoms with Crippen LogP contribution in [0.2, 0.25) is 0 Å². The normalized spacial score (nSPS) is 18.6. The van der Waals surface area contributed by atoms with Gasteiger partial charge >= 0.3 is 17.1 Å². The van der Waals surface area contributed by atoms with E-state index in [4.69, 9.17) is 0 Å². The van der Waals surface area contributed by atoms with Crippen molar-refractivity contribution in [3.8, 4) is 0 Å². The van der Waals surface area contributed by atoms with Gasteiger partial charge in [0, 0.05) is 18.8 Å². The molecule has 2 saturated carbocycles. The van der Waals surface area contributed by atoms with E-state index in [9.17, 15) is 9.90 Å². The Bertz CT molecular complexity index is 726. The molecule has 2 aliphatic rings. The average molecular weight is 439 g/mol. The van der Waals surface area contributed by atoms with Gasteiger partial charge in [0.1, 0.15) is 0 Å². The fraction of sp³-hybridized carbons (Fsp3) is 0.115. The van der Waals surface area contributed by atoms with Gasteiger partial charge in [0.15, 0.2) is 0 Å². The molecule has 2 aliphatic carbocycles. The van der Waals surface area contributed by atoms with E-state index >= 15 is 0 Å². The van der Waals surface area contributed by atoms with Crippen molar-refractivity contribution in [3.05, 3.63) is 135 Å². The van der Waals surface area contributed by atoms with Crippen molar-refractivity contribution in [2.75, 3.05) is 0 Å². The number of rotatable bonds is 5. The summed E-state index contributed by atoms with van der Waals surface area (Å²) >= 11 is 0. The molecule has 0 saturated heterocycles. The smallest absolute Gasteiger partial charge is 0.388 e. The van der Waals surface area contributed by atoms with Crippen molar-refractivity contribution >= 4 is 5.91 Å². The summed E-state index contributed by atoms with van der Waals surface area (Å²) in [7, 11) is 0. The third-order valence-corrected chi connectivity index (χ3v) is 4.64. The molecule has 4 rings (SSSR count). The molecule has 152 valence electrons. The molecule has 2 aromatic carbocycles. The molecule has 2 fully saturated rings. The molecule has 1 amide bonds. The zero-order valence-electron chi connectivity index (χ0n) is 16.8. The second-order valence-corrected chi connectivity index (χ2v) is 6.76. The van der Waals surface area contributed by atoms with Gasteiger partial charge in [0.2, 0.25) is 5.91 Å². The monoisotopic (exact) mass is 439 g/mol. The van der Waals surface area contributed by atoms with Crippen LogP contribution in [0.4, 0.5) is 0 Å². The Morgan fingerprint density at radius 2 is 1.20 bits per heavy atom. The summed E-state index contributed by atoms with van der Waals surface area (Å²) in [6.45, 7) is 1.51. The number of aliphatic hydroxyl groups excluding tert-OH is 1. The predicted octanol–water partition coefficient (Wildman–Crippen LogP) is 4.39. The van der Waals surface area contributed by atoms with Gasteiger partial charge in [-0.25, -0.2) is 0 Å². The summed E-state index contributed by atoms with van der Waals surface area (Å²) in [5.74, 6) is 1.61. The van der Waals surface area contributed by atoms with Crippen LogP contribution >= 0.6 is 0 Å². The number of amides is 1. The molecule has 2 atom stereocenters. The minimum absolute atomic E-state index is 0. The van der Waals surface area contributed by atoms with E-state index < -0.39 is 6.10 Å². The Labute approximate surface area is 192 Å². The van der Waals surface area contributed by atoms with Crippen LogP contribution in [0.15, 0.2) is 60.7 Å². The SMILES string of the molecule is CC(=O)N[C@H]([C]1[CH][CH][CH][C]1[C@@H](O)c1ccccc1)c1ccccc1.[CH]1[CH][CH][CH][CH]1.[Fe+2]. The Morgan fingerprint density at radius 1 is 0.733 bits per heavy atom. The molecular weight excluding hydrogens is 414 g/mol. The van der Waals surface area contributed by atoms with Crippen molar-refractivity contribution in [3.63, 3.8) is 0 Å². The van der Waals surface area contributed by atoms with Gasteiger partial charge in [-0.1, -0.05) is 60.7 Å². The molecule has 2 aromatic rings. The molecule has 0 unspecified atom stereocenters. The van der Waals surface area contributed by atoms with E-state index in [2.05, 4.69) is 5.32 Å². The van der Waals surface area contributed by atoms with Gasteiger partial charge in [0.05, 0.1) is 12.1 Å². The van der Waals surface area contributed by atoms with E-state index in [-0.39, 0.29) is 29.0 Å². The van der Waals surface area contributed by atoms with E-state index in [0.717, 1.165) is 23.0 Å². The molecule has 10 radical (unpaired) electrons. The number of hydrogen-bond acceptors (Lipinski definition) is 2. The van der Waals surface area contributed by atoms with Crippen LogP contribution in [-0.2, 0) is 21.9 Å². The van der Waals surface area contributed by atoms with Gasteiger partial charge in [-0.2, -0.15) is 0 Å². The Balaban J connectivity index is 0.000000468. The Hall–Kier alpha value is -1.61. The van der Waals surface area contributed by atoms with E-state index in [1.165, 1.54) is 6.92 Å². The maximum atomic E-state index is 11.7. The van der Waals surface area contributed by atoms with E-state index in [1.807, 2.05) is 112 Å². The summed E-state index contributed by atoms with van der Waals surface area (Å²) in [6.07, 6.45) is 15.0. The molecule has 0 bridgehead atoms. The van der Waals surface area contributed by atoms with E-state index in [0.29, 0.717) is 0 Å². The van der Waals surface area contributed by atoms with Gasteiger partial charge in [0.25, 0.3) is 0 Å². The minimum atomic E-state index is -0.726. The predicted molar refractivity (Wildman–Crippen MR) is 115 cm³/mol. The van der Waals surface area contributed by atoms with Gasteiger partial charge in [-0.15, -0.1) is 0 Å². The summed E-state index contributed by atoms with van der Waals surface area (Å²) in [5, 5.41) is 13.8. The van der Waals surface area contributed by atoms with Crippen molar-refractivity contribution < 1.29 is 27.0 Å². The molecule has 4 heteroatoms. The average Bonchev–Trinajstić information content (AvgIpc) is 3.47. The molecule has 0 heterocycles. The molecular formula is C26H25FeNO2+2. The number of carbonyl (C=O) groups is 1. The number of benzene rings is 2. The largest absolute Gasteiger partial charge is 2.00 e. The second-order valence-electron chi connectivity index (χ2n) is 6.76. The summed E-state index contributed by atoms with van der Waals surface area (Å²) < 4.78 is 0. The molecule has 0 aromatic heterocycles. The van der Waals surface area contributed by atoms with Crippen molar-refractivity contribution in [1.82, 2.24) is 5.32 Å². The van der Waals surface area contributed by atoms with Gasteiger partial charge < -0.3 is 10.4 Å². The van der Waals surface area contributed by atoms with Crippen LogP contribution in [0, 0.1) is 63.2 Å². The maximum absolute atomic E-state index is 11.7. The Morgan fingerprint density at radius 3 is 1.70 bits per heavy atom. The van der Waals surface area contributed by atoms with Crippen LogP contribution in [-0.4, -0.2) is 11.0 Å². The number of hydrogen-bond donors (Lipinski definition) is 2. The third kappa shape index (κ3) is 6.97. The van der Waals surface area contributed by atoms with Crippen LogP contribution in [0.25, 0.3) is 0 Å². The summed E-state index contributed by atoms with van der Waals surface area (Å²) in [5.41, 5.74) is 1.82. The number of aliphatic hydroxyl groups is 1. The maximum Gasteiger partial charge on any atom is 2.00 e. The fourth-order valence-electron chi connectivity index (χ4n) is 3.28. The van der Waals surface area contributed by atoms with E-state index in [1.54, 1.807) is 0 Å². The van der Waals surface area contributed by atoms with Crippen molar-refractivity contribution in [2.45, 2.75) is 19.1 Å². The standard InChI is InChI=1S/C21H20NO2.C5H5.Fe/c1-15(23)22-20(16-9-4-2-5-10-16)18-13-8-14-19(18)21(24)17-11-6-3-7-12-17;1-2-4-5-3-1;/h2-14,20-21,24H,1H3,(H,22,23);1-5H;/q;;+2/t20-,21-;;/m0../s1. The Kier molecular flexibility index (Phi) is 10.6. The first-order valence-corrected chi connectivity index (χ1v) is 9.64. The zero-order chi connectivity index (χ0) is 20.5. The fourth-order valence-corrected chi connectivity index (χ4v) is 3.28. The first-order chi connectivity index (χ1) is 14.2. The van der Waals surface area contributed by atoms with Gasteiger partial charge in [-0.05, 0) is 62.5 Å². The van der Waals surface area contributed by atoms with Crippen LogP contribution in [0.3, 0.4) is 0 Å². The first-order valence-electron chi connectivity index (χ1n) is 9.64. The van der Waals surface area contributed by atoms with Crippen molar-refractivity contribution in [1.29, 1.82) is 0 Å². The summed E-state index contributed by atoms with van der Waals surface area (Å²) in [4.78, 5) is 11.7. The van der Waals surface area contributed by atoms with Gasteiger partial charge in [-0.3, -0.25) is 4.79 Å². The summed E-state index contributed by atoms with van der Waals surface area (Å²) in [6, 6.07) is 19.0. The zero-order valence-corrected chi connectivity index (χ0v) is 17.9. The quantitative estimate of drug-likeness (QED) is 0.679. The molecule has 0 spiro atoms. The number of carbonyl (C=O) groups excluding carboxylic acids is 1. The van der Waals surface area contributed by atoms with Crippen LogP contribution in [0.5, 0.6) is 0 Å². The van der Waals surface area contributed by atoms with Crippen molar-refractivity contribution in [2.24, 2.45) is 0 Å². The second kappa shape index (κ2) is 12.9. The van der Waals surface area contributed by atoms with Crippen LogP contribution < -0.4 is 5.32 Å². The first kappa shape index (κ1) is 24.7. The molecule has 3 nitrogen and oxygen atoms in total. The number of nitrogens with one attached hydrogen (secondary N) is 1. The molecule has 30 heavy (non-hydrogen) atoms. The third-order valence-electron chi connectivity index (χ3n) is 4.64. The topological polar surface area (TPSA) is 49.3 Å². The van der Waals surface area contributed by atoms with Crippen LogP contribution in [0.1, 0.15) is 30.2 Å². The molecule has 2 N–H and O–H groups in total. The minimum Gasteiger partial charge on any atom is -0.388 e. The molecule has 0 aliphatic heterocycles.